The number of thiocarbonyl (C=S) groups is 2. The van der Waals surface area contributed by atoms with Gasteiger partial charge >= 0.3 is 0 Å². The summed E-state index contributed by atoms with van der Waals surface area (Å²) >= 11 is 10.8. The monoisotopic (exact) mass is 312 g/mol. The van der Waals surface area contributed by atoms with E-state index in [0.29, 0.717) is 0 Å². The van der Waals surface area contributed by atoms with Crippen LogP contribution >= 0.6 is 24.4 Å². The van der Waals surface area contributed by atoms with E-state index in [0.717, 1.165) is 62.3 Å². The van der Waals surface area contributed by atoms with Crippen molar-refractivity contribution in [1.29, 1.82) is 0 Å². The number of hydrogen-bond donors (Lipinski definition) is 2. The minimum Gasteiger partial charge on any atom is -0.362 e. The normalized spacial score (nSPS) is 14.8. The molecule has 0 atom stereocenters. The summed E-state index contributed by atoms with van der Waals surface area (Å²) in [6.45, 7) is 13.5. The summed E-state index contributed by atoms with van der Waals surface area (Å²) in [6.07, 6.45) is 4.66. The first kappa shape index (κ1) is 17.1. The minimum atomic E-state index is 0.739. The predicted octanol–water partition coefficient (Wildman–Crippen LogP) is 1.16. The van der Waals surface area contributed by atoms with Crippen LogP contribution in [-0.2, 0) is 0 Å². The SMILES string of the molecule is C=CCCNC(=S)N1CCN(C(=S)CNCC=C)CC1. The summed E-state index contributed by atoms with van der Waals surface area (Å²) in [5.74, 6) is 0. The lowest BCUT2D eigenvalue weighted by Crippen LogP contribution is -2.54. The van der Waals surface area contributed by atoms with Crippen molar-refractivity contribution in [3.8, 4) is 0 Å². The lowest BCUT2D eigenvalue weighted by molar-refractivity contribution is 0.257. The first-order valence-corrected chi connectivity index (χ1v) is 7.73. The lowest BCUT2D eigenvalue weighted by Gasteiger charge is -2.37. The van der Waals surface area contributed by atoms with Crippen molar-refractivity contribution in [3.05, 3.63) is 25.3 Å². The first-order chi connectivity index (χ1) is 9.69. The maximum absolute atomic E-state index is 5.43. The molecule has 0 aromatic carbocycles. The van der Waals surface area contributed by atoms with Gasteiger partial charge in [-0.1, -0.05) is 24.4 Å². The Kier molecular flexibility index (Phi) is 8.41. The van der Waals surface area contributed by atoms with Gasteiger partial charge in [-0.25, -0.2) is 0 Å². The van der Waals surface area contributed by atoms with E-state index < -0.39 is 0 Å². The zero-order valence-electron chi connectivity index (χ0n) is 11.9. The van der Waals surface area contributed by atoms with Crippen LogP contribution in [0.4, 0.5) is 0 Å². The van der Waals surface area contributed by atoms with Gasteiger partial charge in [0.05, 0.1) is 4.99 Å². The van der Waals surface area contributed by atoms with Gasteiger partial charge < -0.3 is 20.4 Å². The highest BCUT2D eigenvalue weighted by molar-refractivity contribution is 7.80. The summed E-state index contributed by atoms with van der Waals surface area (Å²) in [6, 6.07) is 0. The van der Waals surface area contributed by atoms with Gasteiger partial charge in [0.2, 0.25) is 0 Å². The second-order valence-electron chi connectivity index (χ2n) is 4.60. The van der Waals surface area contributed by atoms with E-state index >= 15 is 0 Å². The molecule has 1 heterocycles. The standard InChI is InChI=1S/C14H24N4S2/c1-3-5-7-16-14(20)18-10-8-17(9-11-18)13(19)12-15-6-4-2/h3-4,15H,1-2,5-12H2,(H,16,20). The molecule has 20 heavy (non-hydrogen) atoms. The molecule has 0 spiro atoms. The molecule has 1 aliphatic rings. The van der Waals surface area contributed by atoms with Gasteiger partial charge in [-0.05, 0) is 18.6 Å². The van der Waals surface area contributed by atoms with Gasteiger partial charge in [-0.15, -0.1) is 13.2 Å². The van der Waals surface area contributed by atoms with Crippen molar-refractivity contribution in [2.24, 2.45) is 0 Å². The second-order valence-corrected chi connectivity index (χ2v) is 5.45. The summed E-state index contributed by atoms with van der Waals surface area (Å²) in [5.41, 5.74) is 0. The van der Waals surface area contributed by atoms with Gasteiger partial charge in [-0.3, -0.25) is 0 Å². The fraction of sp³-hybridized carbons (Fsp3) is 0.571. The molecule has 0 saturated carbocycles. The molecule has 1 aliphatic heterocycles. The largest absolute Gasteiger partial charge is 0.362 e. The van der Waals surface area contributed by atoms with Gasteiger partial charge in [0.25, 0.3) is 0 Å². The Balaban J connectivity index is 2.24. The smallest absolute Gasteiger partial charge is 0.169 e. The number of hydrogen-bond acceptors (Lipinski definition) is 3. The molecule has 0 unspecified atom stereocenters. The predicted molar refractivity (Wildman–Crippen MR) is 94.2 cm³/mol. The van der Waals surface area contributed by atoms with E-state index in [1.54, 1.807) is 0 Å². The van der Waals surface area contributed by atoms with Crippen molar-refractivity contribution in [2.45, 2.75) is 6.42 Å². The topological polar surface area (TPSA) is 30.5 Å². The van der Waals surface area contributed by atoms with E-state index in [2.05, 4.69) is 33.6 Å². The number of piperazine rings is 1. The van der Waals surface area contributed by atoms with Crippen molar-refractivity contribution in [2.75, 3.05) is 45.8 Å². The molecule has 6 heteroatoms. The van der Waals surface area contributed by atoms with E-state index in [4.69, 9.17) is 24.4 Å². The van der Waals surface area contributed by atoms with E-state index in [9.17, 15) is 0 Å². The first-order valence-electron chi connectivity index (χ1n) is 6.92. The lowest BCUT2D eigenvalue weighted by atomic mass is 10.3. The van der Waals surface area contributed by atoms with Crippen LogP contribution in [0.3, 0.4) is 0 Å². The molecule has 0 aromatic rings. The van der Waals surface area contributed by atoms with Crippen LogP contribution in [-0.4, -0.2) is 65.7 Å². The molecule has 112 valence electrons. The molecule has 1 fully saturated rings. The molecule has 1 saturated heterocycles. The highest BCUT2D eigenvalue weighted by atomic mass is 32.1. The number of nitrogens with one attached hydrogen (secondary N) is 2. The van der Waals surface area contributed by atoms with Crippen molar-refractivity contribution >= 4 is 34.5 Å². The highest BCUT2D eigenvalue weighted by Gasteiger charge is 2.19. The van der Waals surface area contributed by atoms with Crippen LogP contribution in [0.1, 0.15) is 6.42 Å². The fourth-order valence-corrected chi connectivity index (χ4v) is 2.51. The summed E-state index contributed by atoms with van der Waals surface area (Å²) in [5, 5.41) is 7.32. The molecule has 4 nitrogen and oxygen atoms in total. The molecule has 0 bridgehead atoms. The molecule has 0 aromatic heterocycles. The maximum Gasteiger partial charge on any atom is 0.169 e. The Morgan fingerprint density at radius 3 is 2.30 bits per heavy atom. The van der Waals surface area contributed by atoms with Crippen molar-refractivity contribution in [3.63, 3.8) is 0 Å². The van der Waals surface area contributed by atoms with E-state index in [-0.39, 0.29) is 0 Å². The van der Waals surface area contributed by atoms with Crippen LogP contribution in [0.2, 0.25) is 0 Å². The molecular weight excluding hydrogens is 288 g/mol. The quantitative estimate of drug-likeness (QED) is 0.417. The minimum absolute atomic E-state index is 0.739. The fourth-order valence-electron chi connectivity index (χ4n) is 1.94. The van der Waals surface area contributed by atoms with Crippen LogP contribution in [0, 0.1) is 0 Å². The average molecular weight is 313 g/mol. The van der Waals surface area contributed by atoms with Gasteiger partial charge in [0, 0.05) is 45.8 Å². The highest BCUT2D eigenvalue weighted by Crippen LogP contribution is 2.03. The van der Waals surface area contributed by atoms with Crippen LogP contribution in [0.15, 0.2) is 25.3 Å². The zero-order valence-corrected chi connectivity index (χ0v) is 13.6. The number of rotatable bonds is 7. The Labute approximate surface area is 132 Å². The zero-order chi connectivity index (χ0) is 14.8. The molecule has 0 aliphatic carbocycles. The van der Waals surface area contributed by atoms with Crippen LogP contribution in [0.5, 0.6) is 0 Å². The molecular formula is C14H24N4S2. The Hall–Kier alpha value is -0.980. The summed E-state index contributed by atoms with van der Waals surface area (Å²) in [7, 11) is 0. The van der Waals surface area contributed by atoms with Gasteiger partial charge in [0.1, 0.15) is 0 Å². The Morgan fingerprint density at radius 2 is 1.70 bits per heavy atom. The third-order valence-electron chi connectivity index (χ3n) is 3.11. The molecule has 0 amide bonds. The average Bonchev–Trinajstić information content (AvgIpc) is 2.47. The second kappa shape index (κ2) is 9.85. The van der Waals surface area contributed by atoms with E-state index in [1.807, 2.05) is 12.2 Å². The van der Waals surface area contributed by atoms with Crippen LogP contribution in [0.25, 0.3) is 0 Å². The third kappa shape index (κ3) is 5.98. The van der Waals surface area contributed by atoms with Crippen molar-refractivity contribution < 1.29 is 0 Å². The molecule has 1 rings (SSSR count). The number of nitrogens with zero attached hydrogens (tertiary/aromatic N) is 2. The molecule has 0 radical (unpaired) electrons. The van der Waals surface area contributed by atoms with Crippen molar-refractivity contribution in [1.82, 2.24) is 20.4 Å². The summed E-state index contributed by atoms with van der Waals surface area (Å²) in [4.78, 5) is 5.42. The maximum atomic E-state index is 5.43. The molecule has 2 N–H and O–H groups in total. The summed E-state index contributed by atoms with van der Waals surface area (Å²) < 4.78 is 0. The Bertz CT molecular complexity index is 315. The van der Waals surface area contributed by atoms with Gasteiger partial charge in [0.15, 0.2) is 5.11 Å². The van der Waals surface area contributed by atoms with E-state index in [1.165, 1.54) is 0 Å². The Morgan fingerprint density at radius 1 is 1.05 bits per heavy atom. The van der Waals surface area contributed by atoms with Gasteiger partial charge in [-0.2, -0.15) is 0 Å². The third-order valence-corrected chi connectivity index (χ3v) is 3.91. The van der Waals surface area contributed by atoms with Crippen LogP contribution < -0.4 is 10.6 Å².